The van der Waals surface area contributed by atoms with Crippen LogP contribution in [0.4, 0.5) is 5.69 Å². The highest BCUT2D eigenvalue weighted by molar-refractivity contribution is 5.92. The van der Waals surface area contributed by atoms with Crippen LogP contribution in [-0.2, 0) is 11.3 Å². The number of carbonyl (C=O) groups is 1. The molecule has 0 aliphatic carbocycles. The first-order chi connectivity index (χ1) is 14.1. The van der Waals surface area contributed by atoms with Crippen molar-refractivity contribution in [2.75, 3.05) is 32.6 Å². The Bertz CT molecular complexity index is 940. The summed E-state index contributed by atoms with van der Waals surface area (Å²) in [6, 6.07) is 14.7. The number of aromatic nitrogens is 2. The fraction of sp³-hybridized carbons (Fsp3) is 0.286. The van der Waals surface area contributed by atoms with Gasteiger partial charge in [0, 0.05) is 17.3 Å². The lowest BCUT2D eigenvalue weighted by Gasteiger charge is -2.14. The van der Waals surface area contributed by atoms with Gasteiger partial charge in [-0.1, -0.05) is 11.2 Å². The van der Waals surface area contributed by atoms with E-state index in [1.807, 2.05) is 56.4 Å². The molecule has 3 aromatic rings. The summed E-state index contributed by atoms with van der Waals surface area (Å²) < 4.78 is 15.9. The molecule has 8 nitrogen and oxygen atoms in total. The maximum absolute atomic E-state index is 12.3. The molecule has 8 heteroatoms. The number of likely N-dealkylation sites (N-methyl/N-ethyl adjacent to an activating group) is 1. The van der Waals surface area contributed by atoms with E-state index in [9.17, 15) is 4.79 Å². The van der Waals surface area contributed by atoms with Crippen molar-refractivity contribution in [3.05, 3.63) is 54.4 Å². The first-order valence-electron chi connectivity index (χ1n) is 9.25. The summed E-state index contributed by atoms with van der Waals surface area (Å²) in [6.45, 7) is 3.09. The van der Waals surface area contributed by atoms with E-state index < -0.39 is 0 Å². The minimum absolute atomic E-state index is 0.146. The first-order valence-corrected chi connectivity index (χ1v) is 9.25. The predicted octanol–water partition coefficient (Wildman–Crippen LogP) is 3.21. The molecule has 1 heterocycles. The maximum atomic E-state index is 12.3. The summed E-state index contributed by atoms with van der Waals surface area (Å²) in [5.41, 5.74) is 1.51. The van der Waals surface area contributed by atoms with E-state index in [1.54, 1.807) is 18.1 Å². The number of rotatable bonds is 9. The largest absolute Gasteiger partial charge is 0.497 e. The molecule has 29 heavy (non-hydrogen) atoms. The molecular weight excluding hydrogens is 372 g/mol. The molecule has 0 spiro atoms. The number of anilines is 1. The van der Waals surface area contributed by atoms with Gasteiger partial charge in [-0.3, -0.25) is 9.69 Å². The van der Waals surface area contributed by atoms with Crippen LogP contribution in [0.25, 0.3) is 11.4 Å². The lowest BCUT2D eigenvalue weighted by Crippen LogP contribution is -2.29. The number of ether oxygens (including phenoxy) is 2. The molecule has 0 unspecified atom stereocenters. The van der Waals surface area contributed by atoms with E-state index >= 15 is 0 Å². The summed E-state index contributed by atoms with van der Waals surface area (Å²) >= 11 is 0. The van der Waals surface area contributed by atoms with Crippen LogP contribution < -0.4 is 14.8 Å². The summed E-state index contributed by atoms with van der Waals surface area (Å²) in [4.78, 5) is 18.5. The van der Waals surface area contributed by atoms with Crippen LogP contribution in [0.2, 0.25) is 0 Å². The lowest BCUT2D eigenvalue weighted by molar-refractivity contribution is -0.117. The van der Waals surface area contributed by atoms with Gasteiger partial charge in [0.15, 0.2) is 0 Å². The fourth-order valence-electron chi connectivity index (χ4n) is 2.74. The number of methoxy groups -OCH3 is 1. The third-order valence-electron chi connectivity index (χ3n) is 4.06. The van der Waals surface area contributed by atoms with E-state index in [0.29, 0.717) is 36.3 Å². The number of carbonyl (C=O) groups excluding carboxylic acids is 1. The van der Waals surface area contributed by atoms with Gasteiger partial charge >= 0.3 is 0 Å². The molecule has 0 aliphatic heterocycles. The van der Waals surface area contributed by atoms with Crippen LogP contribution in [0.1, 0.15) is 12.8 Å². The second-order valence-corrected chi connectivity index (χ2v) is 6.42. The molecule has 0 radical (unpaired) electrons. The van der Waals surface area contributed by atoms with E-state index in [1.165, 1.54) is 0 Å². The second kappa shape index (κ2) is 9.70. The Morgan fingerprint density at radius 2 is 1.97 bits per heavy atom. The highest BCUT2D eigenvalue weighted by atomic mass is 16.5. The molecule has 0 saturated carbocycles. The Labute approximate surface area is 169 Å². The Morgan fingerprint density at radius 1 is 1.17 bits per heavy atom. The molecule has 0 fully saturated rings. The topological polar surface area (TPSA) is 89.7 Å². The molecule has 2 aromatic carbocycles. The third kappa shape index (κ3) is 5.79. The normalized spacial score (nSPS) is 10.8. The number of benzene rings is 2. The molecule has 0 bridgehead atoms. The zero-order valence-electron chi connectivity index (χ0n) is 16.7. The molecule has 3 rings (SSSR count). The molecule has 0 saturated heterocycles. The fourth-order valence-corrected chi connectivity index (χ4v) is 2.74. The zero-order valence-corrected chi connectivity index (χ0v) is 16.7. The van der Waals surface area contributed by atoms with Crippen molar-refractivity contribution in [3.8, 4) is 22.9 Å². The van der Waals surface area contributed by atoms with Gasteiger partial charge in [-0.2, -0.15) is 4.98 Å². The van der Waals surface area contributed by atoms with Crippen molar-refractivity contribution < 1.29 is 18.8 Å². The van der Waals surface area contributed by atoms with Gasteiger partial charge in [-0.15, -0.1) is 0 Å². The standard InChI is InChI=1S/C21H24N4O4/c1-4-28-17-10-8-15(9-11-17)21-23-20(29-24-21)14-25(2)13-19(26)22-16-6-5-7-18(12-16)27-3/h5-12H,4,13-14H2,1-3H3,(H,22,26). The maximum Gasteiger partial charge on any atom is 0.241 e. The van der Waals surface area contributed by atoms with Gasteiger partial charge in [0.05, 0.1) is 26.8 Å². The van der Waals surface area contributed by atoms with Crippen molar-refractivity contribution in [1.82, 2.24) is 15.0 Å². The van der Waals surface area contributed by atoms with Gasteiger partial charge in [0.2, 0.25) is 17.6 Å². The van der Waals surface area contributed by atoms with E-state index in [-0.39, 0.29) is 12.5 Å². The monoisotopic (exact) mass is 396 g/mol. The Hall–Kier alpha value is -3.39. The highest BCUT2D eigenvalue weighted by Gasteiger charge is 2.13. The molecule has 1 N–H and O–H groups in total. The van der Waals surface area contributed by atoms with Crippen LogP contribution in [0.3, 0.4) is 0 Å². The average molecular weight is 396 g/mol. The summed E-state index contributed by atoms with van der Waals surface area (Å²) in [5, 5.41) is 6.85. The van der Waals surface area contributed by atoms with E-state index in [0.717, 1.165) is 11.3 Å². The quantitative estimate of drug-likeness (QED) is 0.594. The van der Waals surface area contributed by atoms with Gasteiger partial charge in [-0.25, -0.2) is 0 Å². The van der Waals surface area contributed by atoms with Crippen LogP contribution in [-0.4, -0.2) is 48.3 Å². The number of amides is 1. The summed E-state index contributed by atoms with van der Waals surface area (Å²) in [6.07, 6.45) is 0. The number of hydrogen-bond donors (Lipinski definition) is 1. The van der Waals surface area contributed by atoms with Crippen molar-refractivity contribution in [3.63, 3.8) is 0 Å². The van der Waals surface area contributed by atoms with Crippen LogP contribution in [0.15, 0.2) is 53.1 Å². The Kier molecular flexibility index (Phi) is 6.80. The van der Waals surface area contributed by atoms with Crippen molar-refractivity contribution >= 4 is 11.6 Å². The van der Waals surface area contributed by atoms with Gasteiger partial charge in [-0.05, 0) is 50.4 Å². The minimum Gasteiger partial charge on any atom is -0.497 e. The lowest BCUT2D eigenvalue weighted by atomic mass is 10.2. The minimum atomic E-state index is -0.146. The van der Waals surface area contributed by atoms with Gasteiger partial charge < -0.3 is 19.3 Å². The van der Waals surface area contributed by atoms with Crippen LogP contribution >= 0.6 is 0 Å². The van der Waals surface area contributed by atoms with Crippen LogP contribution in [0.5, 0.6) is 11.5 Å². The second-order valence-electron chi connectivity index (χ2n) is 6.42. The number of hydrogen-bond acceptors (Lipinski definition) is 7. The predicted molar refractivity (Wildman–Crippen MR) is 109 cm³/mol. The highest BCUT2D eigenvalue weighted by Crippen LogP contribution is 2.20. The van der Waals surface area contributed by atoms with E-state index in [2.05, 4.69) is 15.5 Å². The number of nitrogens with one attached hydrogen (secondary N) is 1. The Balaban J connectivity index is 1.54. The molecular formula is C21H24N4O4. The third-order valence-corrected chi connectivity index (χ3v) is 4.06. The molecule has 0 atom stereocenters. The Morgan fingerprint density at radius 3 is 2.69 bits per heavy atom. The van der Waals surface area contributed by atoms with Gasteiger partial charge in [0.25, 0.3) is 0 Å². The van der Waals surface area contributed by atoms with Gasteiger partial charge in [0.1, 0.15) is 11.5 Å². The van der Waals surface area contributed by atoms with Crippen molar-refractivity contribution in [2.24, 2.45) is 0 Å². The summed E-state index contributed by atoms with van der Waals surface area (Å²) in [5.74, 6) is 2.26. The summed E-state index contributed by atoms with van der Waals surface area (Å²) in [7, 11) is 3.40. The van der Waals surface area contributed by atoms with Crippen molar-refractivity contribution in [2.45, 2.75) is 13.5 Å². The van der Waals surface area contributed by atoms with Crippen molar-refractivity contribution in [1.29, 1.82) is 0 Å². The first kappa shape index (κ1) is 20.3. The average Bonchev–Trinajstić information content (AvgIpc) is 3.17. The zero-order chi connectivity index (χ0) is 20.6. The molecule has 1 amide bonds. The smallest absolute Gasteiger partial charge is 0.241 e. The van der Waals surface area contributed by atoms with Crippen LogP contribution in [0, 0.1) is 0 Å². The molecule has 152 valence electrons. The molecule has 1 aromatic heterocycles. The molecule has 0 aliphatic rings. The van der Waals surface area contributed by atoms with E-state index in [4.69, 9.17) is 14.0 Å². The SMILES string of the molecule is CCOc1ccc(-c2noc(CN(C)CC(=O)Nc3cccc(OC)c3)n2)cc1. The number of nitrogens with zero attached hydrogens (tertiary/aromatic N) is 3.